The molecule has 0 aliphatic heterocycles. The second-order valence-electron chi connectivity index (χ2n) is 3.50. The highest BCUT2D eigenvalue weighted by atomic mass is 79.9. The van der Waals surface area contributed by atoms with Crippen LogP contribution in [0.25, 0.3) is 10.9 Å². The van der Waals surface area contributed by atoms with Crippen molar-refractivity contribution in [3.63, 3.8) is 0 Å². The monoisotopic (exact) mass is 347 g/mol. The highest BCUT2D eigenvalue weighted by Gasteiger charge is 2.16. The number of benzene rings is 1. The van der Waals surface area contributed by atoms with Crippen LogP contribution in [-0.4, -0.2) is 9.97 Å². The van der Waals surface area contributed by atoms with Crippen molar-refractivity contribution in [3.05, 3.63) is 32.4 Å². The predicted octanol–water partition coefficient (Wildman–Crippen LogP) is 4.29. The van der Waals surface area contributed by atoms with Crippen LogP contribution in [0.1, 0.15) is 12.0 Å². The molecule has 2 rings (SSSR count). The largest absolute Gasteiger partial charge is 0.224 e. The van der Waals surface area contributed by atoms with E-state index in [1.807, 2.05) is 6.07 Å². The minimum Gasteiger partial charge on any atom is -0.215 e. The van der Waals surface area contributed by atoms with E-state index in [0.29, 0.717) is 17.4 Å². The summed E-state index contributed by atoms with van der Waals surface area (Å²) in [7, 11) is 0. The van der Waals surface area contributed by atoms with Crippen molar-refractivity contribution in [3.8, 4) is 6.07 Å². The SMILES string of the molecule is N#CCCc1cc2c(Cl)nc(Cl)nc2c(F)c1Br. The minimum atomic E-state index is -0.549. The van der Waals surface area contributed by atoms with Crippen LogP contribution in [0.5, 0.6) is 0 Å². The molecule has 0 fully saturated rings. The third kappa shape index (κ3) is 2.41. The average Bonchev–Trinajstić information content (AvgIpc) is 2.33. The molecule has 3 nitrogen and oxygen atoms in total. The van der Waals surface area contributed by atoms with Gasteiger partial charge in [-0.05, 0) is 45.6 Å². The molecule has 18 heavy (non-hydrogen) atoms. The molecule has 1 heterocycles. The second kappa shape index (κ2) is 5.35. The number of fused-ring (bicyclic) bond motifs is 1. The Morgan fingerprint density at radius 3 is 2.78 bits per heavy atom. The number of aryl methyl sites for hydroxylation is 1. The minimum absolute atomic E-state index is 0.0626. The summed E-state index contributed by atoms with van der Waals surface area (Å²) in [5.41, 5.74) is 0.710. The molecule has 7 heteroatoms. The van der Waals surface area contributed by atoms with Crippen LogP contribution in [0.15, 0.2) is 10.5 Å². The fourth-order valence-electron chi connectivity index (χ4n) is 1.57. The molecule has 92 valence electrons. The average molecular weight is 349 g/mol. The fourth-order valence-corrected chi connectivity index (χ4v) is 2.50. The summed E-state index contributed by atoms with van der Waals surface area (Å²) in [6.45, 7) is 0. The van der Waals surface area contributed by atoms with E-state index < -0.39 is 5.82 Å². The van der Waals surface area contributed by atoms with Crippen LogP contribution in [-0.2, 0) is 6.42 Å². The zero-order chi connectivity index (χ0) is 13.3. The van der Waals surface area contributed by atoms with E-state index >= 15 is 0 Å². The Labute approximate surface area is 121 Å². The van der Waals surface area contributed by atoms with Crippen molar-refractivity contribution >= 4 is 50.0 Å². The molecule has 0 aliphatic carbocycles. The molecule has 1 aromatic heterocycles. The van der Waals surface area contributed by atoms with Gasteiger partial charge in [0.1, 0.15) is 10.7 Å². The van der Waals surface area contributed by atoms with E-state index in [0.717, 1.165) is 0 Å². The van der Waals surface area contributed by atoms with Crippen molar-refractivity contribution in [2.45, 2.75) is 12.8 Å². The van der Waals surface area contributed by atoms with Gasteiger partial charge in [-0.2, -0.15) is 5.26 Å². The maximum atomic E-state index is 14.1. The van der Waals surface area contributed by atoms with Crippen LogP contribution in [0.4, 0.5) is 4.39 Å². The summed E-state index contributed by atoms with van der Waals surface area (Å²) in [5, 5.41) is 8.93. The number of halogens is 4. The Morgan fingerprint density at radius 1 is 1.39 bits per heavy atom. The topological polar surface area (TPSA) is 49.6 Å². The van der Waals surface area contributed by atoms with Crippen LogP contribution in [0, 0.1) is 17.1 Å². The first-order chi connectivity index (χ1) is 8.54. The molecule has 0 saturated carbocycles. The highest BCUT2D eigenvalue weighted by Crippen LogP contribution is 2.32. The normalized spacial score (nSPS) is 10.6. The van der Waals surface area contributed by atoms with Gasteiger partial charge in [-0.25, -0.2) is 14.4 Å². The summed E-state index contributed by atoms with van der Waals surface area (Å²) >= 11 is 14.7. The Hall–Kier alpha value is -0.960. The van der Waals surface area contributed by atoms with Crippen LogP contribution in [0.2, 0.25) is 10.4 Å². The molecule has 1 aromatic carbocycles. The summed E-state index contributed by atoms with van der Waals surface area (Å²) < 4.78 is 14.4. The van der Waals surface area contributed by atoms with Crippen molar-refractivity contribution < 1.29 is 4.39 Å². The van der Waals surface area contributed by atoms with Gasteiger partial charge in [0, 0.05) is 11.8 Å². The molecule has 0 atom stereocenters. The molecular formula is C11H5BrCl2FN3. The smallest absolute Gasteiger partial charge is 0.215 e. The number of rotatable bonds is 2. The maximum Gasteiger partial charge on any atom is 0.224 e. The first-order valence-corrected chi connectivity index (χ1v) is 6.46. The molecule has 0 radical (unpaired) electrons. The van der Waals surface area contributed by atoms with Gasteiger partial charge in [-0.3, -0.25) is 0 Å². The van der Waals surface area contributed by atoms with E-state index in [1.165, 1.54) is 0 Å². The number of hydrogen-bond acceptors (Lipinski definition) is 3. The van der Waals surface area contributed by atoms with E-state index in [-0.39, 0.29) is 26.8 Å². The summed E-state index contributed by atoms with van der Waals surface area (Å²) in [4.78, 5) is 7.58. The fraction of sp³-hybridized carbons (Fsp3) is 0.182. The van der Waals surface area contributed by atoms with Crippen molar-refractivity contribution in [2.24, 2.45) is 0 Å². The van der Waals surface area contributed by atoms with E-state index in [4.69, 9.17) is 28.5 Å². The maximum absolute atomic E-state index is 14.1. The lowest BCUT2D eigenvalue weighted by Crippen LogP contribution is -1.96. The number of nitrogens with zero attached hydrogens (tertiary/aromatic N) is 3. The lowest BCUT2D eigenvalue weighted by Gasteiger charge is -2.08. The van der Waals surface area contributed by atoms with Crippen molar-refractivity contribution in [2.75, 3.05) is 0 Å². The van der Waals surface area contributed by atoms with Gasteiger partial charge in [0.05, 0.1) is 10.5 Å². The number of nitriles is 1. The van der Waals surface area contributed by atoms with E-state index in [2.05, 4.69) is 25.9 Å². The molecule has 0 bridgehead atoms. The number of hydrogen-bond donors (Lipinski definition) is 0. The Balaban J connectivity index is 2.72. The molecule has 0 N–H and O–H groups in total. The van der Waals surface area contributed by atoms with E-state index in [1.54, 1.807) is 6.07 Å². The Kier molecular flexibility index (Phi) is 4.00. The zero-order valence-electron chi connectivity index (χ0n) is 8.85. The zero-order valence-corrected chi connectivity index (χ0v) is 11.9. The summed E-state index contributed by atoms with van der Waals surface area (Å²) in [5.74, 6) is -0.549. The quantitative estimate of drug-likeness (QED) is 0.600. The highest BCUT2D eigenvalue weighted by molar-refractivity contribution is 9.10. The van der Waals surface area contributed by atoms with Crippen LogP contribution >= 0.6 is 39.1 Å². The molecular weight excluding hydrogens is 344 g/mol. The molecule has 0 unspecified atom stereocenters. The molecule has 0 saturated heterocycles. The molecule has 0 spiro atoms. The predicted molar refractivity (Wildman–Crippen MR) is 71.2 cm³/mol. The third-order valence-electron chi connectivity index (χ3n) is 2.38. The van der Waals surface area contributed by atoms with Crippen LogP contribution < -0.4 is 0 Å². The third-order valence-corrected chi connectivity index (χ3v) is 3.69. The van der Waals surface area contributed by atoms with Crippen molar-refractivity contribution in [1.82, 2.24) is 9.97 Å². The Morgan fingerprint density at radius 2 is 2.11 bits per heavy atom. The summed E-state index contributed by atoms with van der Waals surface area (Å²) in [6.07, 6.45) is 0.707. The van der Waals surface area contributed by atoms with Gasteiger partial charge in [-0.15, -0.1) is 0 Å². The standard InChI is InChI=1S/C11H5BrCl2FN3/c12-7-5(2-1-3-16)4-6-9(8(7)15)17-11(14)18-10(6)13/h4H,1-2H2. The van der Waals surface area contributed by atoms with Gasteiger partial charge in [-0.1, -0.05) is 11.6 Å². The van der Waals surface area contributed by atoms with E-state index in [9.17, 15) is 4.39 Å². The van der Waals surface area contributed by atoms with Gasteiger partial charge < -0.3 is 0 Å². The van der Waals surface area contributed by atoms with Gasteiger partial charge in [0.15, 0.2) is 5.82 Å². The number of aromatic nitrogens is 2. The lowest BCUT2D eigenvalue weighted by atomic mass is 10.1. The van der Waals surface area contributed by atoms with Crippen molar-refractivity contribution in [1.29, 1.82) is 5.26 Å². The first-order valence-electron chi connectivity index (χ1n) is 4.91. The van der Waals surface area contributed by atoms with Crippen LogP contribution in [0.3, 0.4) is 0 Å². The molecule has 2 aromatic rings. The van der Waals surface area contributed by atoms with Gasteiger partial charge >= 0.3 is 0 Å². The second-order valence-corrected chi connectivity index (χ2v) is 4.99. The lowest BCUT2D eigenvalue weighted by molar-refractivity contribution is 0.627. The van der Waals surface area contributed by atoms with Gasteiger partial charge in [0.2, 0.25) is 5.28 Å². The Bertz CT molecular complexity index is 670. The first kappa shape index (κ1) is 13.5. The molecule has 0 aliphatic rings. The van der Waals surface area contributed by atoms with Gasteiger partial charge in [0.25, 0.3) is 0 Å². The summed E-state index contributed by atoms with van der Waals surface area (Å²) in [6, 6.07) is 3.67. The molecule has 0 amide bonds.